The molecule has 0 radical (unpaired) electrons. The first-order valence-electron chi connectivity index (χ1n) is 8.35. The molecule has 0 spiro atoms. The number of carbonyl (C=O) groups is 1. The molecular weight excluding hydrogens is 281 g/mol. The van der Waals surface area contributed by atoms with Gasteiger partial charge in [0.05, 0.1) is 0 Å². The van der Waals surface area contributed by atoms with Crippen molar-refractivity contribution in [3.63, 3.8) is 0 Å². The minimum absolute atomic E-state index is 0.0117. The van der Waals surface area contributed by atoms with E-state index in [1.165, 1.54) is 6.07 Å². The molecular formula is C18H24FNO2. The Balaban J connectivity index is 1.68. The van der Waals surface area contributed by atoms with Crippen molar-refractivity contribution >= 4 is 5.91 Å². The first-order chi connectivity index (χ1) is 10.7. The molecule has 4 heteroatoms. The summed E-state index contributed by atoms with van der Waals surface area (Å²) in [4.78, 5) is 12.3. The summed E-state index contributed by atoms with van der Waals surface area (Å²) < 4.78 is 19.1. The van der Waals surface area contributed by atoms with Crippen molar-refractivity contribution in [1.82, 2.24) is 5.32 Å². The Bertz CT molecular complexity index is 520. The molecule has 0 aromatic heterocycles. The maximum atomic E-state index is 13.6. The Hall–Kier alpha value is -1.42. The lowest BCUT2D eigenvalue weighted by Gasteiger charge is -2.31. The Morgan fingerprint density at radius 1 is 1.27 bits per heavy atom. The van der Waals surface area contributed by atoms with Gasteiger partial charge in [-0.2, -0.15) is 0 Å². The number of halogens is 1. The SMILES string of the molecule is O=C(NCC1(c2cccc(F)c2)CCCC1)[C@@H]1CCCCO1. The fourth-order valence-corrected chi connectivity index (χ4v) is 3.76. The van der Waals surface area contributed by atoms with Gasteiger partial charge in [-0.25, -0.2) is 4.39 Å². The van der Waals surface area contributed by atoms with E-state index < -0.39 is 0 Å². The largest absolute Gasteiger partial charge is 0.368 e. The van der Waals surface area contributed by atoms with Crippen LogP contribution in [0.4, 0.5) is 4.39 Å². The normalized spacial score (nSPS) is 24.1. The number of rotatable bonds is 4. The minimum atomic E-state index is -0.306. The molecule has 1 aromatic rings. The number of nitrogens with one attached hydrogen (secondary N) is 1. The third-order valence-corrected chi connectivity index (χ3v) is 5.07. The monoisotopic (exact) mass is 305 g/mol. The van der Waals surface area contributed by atoms with Crippen LogP contribution in [0.2, 0.25) is 0 Å². The molecule has 1 aliphatic heterocycles. The number of ether oxygens (including phenoxy) is 1. The van der Waals surface area contributed by atoms with Crippen LogP contribution in [0.1, 0.15) is 50.5 Å². The highest BCUT2D eigenvalue weighted by atomic mass is 19.1. The molecule has 120 valence electrons. The van der Waals surface area contributed by atoms with Gasteiger partial charge >= 0.3 is 0 Å². The van der Waals surface area contributed by atoms with Crippen molar-refractivity contribution < 1.29 is 13.9 Å². The van der Waals surface area contributed by atoms with E-state index in [0.717, 1.165) is 50.5 Å². The fourth-order valence-electron chi connectivity index (χ4n) is 3.76. The Labute approximate surface area is 131 Å². The van der Waals surface area contributed by atoms with Gasteiger partial charge < -0.3 is 10.1 Å². The Morgan fingerprint density at radius 2 is 2.09 bits per heavy atom. The second-order valence-electron chi connectivity index (χ2n) is 6.57. The van der Waals surface area contributed by atoms with Crippen LogP contribution in [0.25, 0.3) is 0 Å². The van der Waals surface area contributed by atoms with Crippen molar-refractivity contribution in [2.24, 2.45) is 0 Å². The van der Waals surface area contributed by atoms with Gasteiger partial charge in [0.25, 0.3) is 0 Å². The van der Waals surface area contributed by atoms with Crippen molar-refractivity contribution in [1.29, 1.82) is 0 Å². The van der Waals surface area contributed by atoms with Gasteiger partial charge in [0.1, 0.15) is 11.9 Å². The smallest absolute Gasteiger partial charge is 0.249 e. The van der Waals surface area contributed by atoms with Crippen LogP contribution < -0.4 is 5.32 Å². The van der Waals surface area contributed by atoms with E-state index in [1.807, 2.05) is 6.07 Å². The van der Waals surface area contributed by atoms with Crippen LogP contribution in [0.15, 0.2) is 24.3 Å². The molecule has 22 heavy (non-hydrogen) atoms. The van der Waals surface area contributed by atoms with Gasteiger partial charge in [-0.1, -0.05) is 25.0 Å². The maximum Gasteiger partial charge on any atom is 0.249 e. The molecule has 1 aliphatic carbocycles. The fraction of sp³-hybridized carbons (Fsp3) is 0.611. The molecule has 2 fully saturated rings. The highest BCUT2D eigenvalue weighted by Crippen LogP contribution is 2.40. The molecule has 1 heterocycles. The van der Waals surface area contributed by atoms with E-state index in [4.69, 9.17) is 4.74 Å². The van der Waals surface area contributed by atoms with Crippen LogP contribution in [-0.4, -0.2) is 25.2 Å². The summed E-state index contributed by atoms with van der Waals surface area (Å²) in [5.74, 6) is -0.215. The van der Waals surface area contributed by atoms with E-state index in [-0.39, 0.29) is 23.2 Å². The quantitative estimate of drug-likeness (QED) is 0.926. The van der Waals surface area contributed by atoms with E-state index in [2.05, 4.69) is 5.32 Å². The molecule has 1 saturated carbocycles. The van der Waals surface area contributed by atoms with E-state index in [0.29, 0.717) is 13.2 Å². The highest BCUT2D eigenvalue weighted by Gasteiger charge is 2.36. The highest BCUT2D eigenvalue weighted by molar-refractivity contribution is 5.80. The lowest BCUT2D eigenvalue weighted by molar-refractivity contribution is -0.135. The number of hydrogen-bond donors (Lipinski definition) is 1. The maximum absolute atomic E-state index is 13.6. The summed E-state index contributed by atoms with van der Waals surface area (Å²) in [7, 11) is 0. The van der Waals surface area contributed by atoms with Crippen LogP contribution in [0, 0.1) is 5.82 Å². The summed E-state index contributed by atoms with van der Waals surface area (Å²) in [5.41, 5.74) is 0.891. The van der Waals surface area contributed by atoms with Gasteiger partial charge in [-0.15, -0.1) is 0 Å². The zero-order valence-electron chi connectivity index (χ0n) is 12.9. The molecule has 3 nitrogen and oxygen atoms in total. The van der Waals surface area contributed by atoms with Gasteiger partial charge in [0, 0.05) is 18.6 Å². The molecule has 0 bridgehead atoms. The van der Waals surface area contributed by atoms with E-state index in [1.54, 1.807) is 12.1 Å². The number of amides is 1. The van der Waals surface area contributed by atoms with E-state index in [9.17, 15) is 9.18 Å². The topological polar surface area (TPSA) is 38.3 Å². The number of benzene rings is 1. The van der Waals surface area contributed by atoms with Crippen molar-refractivity contribution in [3.05, 3.63) is 35.6 Å². The Kier molecular flexibility index (Phi) is 4.77. The summed E-state index contributed by atoms with van der Waals surface area (Å²) in [6.07, 6.45) is 6.85. The zero-order valence-corrected chi connectivity index (χ0v) is 12.9. The average Bonchev–Trinajstić information content (AvgIpc) is 3.04. The van der Waals surface area contributed by atoms with Crippen LogP contribution in [0.5, 0.6) is 0 Å². The van der Waals surface area contributed by atoms with Crippen LogP contribution >= 0.6 is 0 Å². The van der Waals surface area contributed by atoms with Gasteiger partial charge in [0.15, 0.2) is 0 Å². The molecule has 1 amide bonds. The number of carbonyl (C=O) groups excluding carboxylic acids is 1. The van der Waals surface area contributed by atoms with E-state index >= 15 is 0 Å². The lowest BCUT2D eigenvalue weighted by Crippen LogP contribution is -2.44. The lowest BCUT2D eigenvalue weighted by atomic mass is 9.78. The second-order valence-corrected chi connectivity index (χ2v) is 6.57. The van der Waals surface area contributed by atoms with Gasteiger partial charge in [-0.05, 0) is 49.8 Å². The summed E-state index contributed by atoms with van der Waals surface area (Å²) in [6, 6.07) is 6.84. The molecule has 1 atom stereocenters. The summed E-state index contributed by atoms with van der Waals surface area (Å²) >= 11 is 0. The average molecular weight is 305 g/mol. The van der Waals surface area contributed by atoms with Gasteiger partial charge in [0.2, 0.25) is 5.91 Å². The molecule has 2 aliphatic rings. The van der Waals surface area contributed by atoms with Crippen LogP contribution in [0.3, 0.4) is 0 Å². The summed E-state index contributed by atoms with van der Waals surface area (Å²) in [6.45, 7) is 1.25. The predicted octanol–water partition coefficient (Wildman–Crippen LogP) is 3.32. The molecule has 1 aromatic carbocycles. The van der Waals surface area contributed by atoms with Gasteiger partial charge in [-0.3, -0.25) is 4.79 Å². The van der Waals surface area contributed by atoms with Crippen molar-refractivity contribution in [2.75, 3.05) is 13.2 Å². The second kappa shape index (κ2) is 6.78. The third kappa shape index (κ3) is 3.32. The molecule has 0 unspecified atom stereocenters. The first-order valence-corrected chi connectivity index (χ1v) is 8.35. The molecule has 1 N–H and O–H groups in total. The number of hydrogen-bond acceptors (Lipinski definition) is 2. The zero-order chi connectivity index (χ0) is 15.4. The predicted molar refractivity (Wildman–Crippen MR) is 83.1 cm³/mol. The first kappa shape index (κ1) is 15.5. The van der Waals surface area contributed by atoms with Crippen LogP contribution in [-0.2, 0) is 14.9 Å². The van der Waals surface area contributed by atoms with Crippen molar-refractivity contribution in [2.45, 2.75) is 56.5 Å². The molecule has 1 saturated heterocycles. The van der Waals surface area contributed by atoms with Crippen molar-refractivity contribution in [3.8, 4) is 0 Å². The summed E-state index contributed by atoms with van der Waals surface area (Å²) in [5, 5.41) is 3.07. The minimum Gasteiger partial charge on any atom is -0.368 e. The Morgan fingerprint density at radius 3 is 2.77 bits per heavy atom. The molecule has 3 rings (SSSR count). The standard InChI is InChI=1S/C18H24FNO2/c19-15-7-5-6-14(12-15)18(9-2-3-10-18)13-20-17(21)16-8-1-4-11-22-16/h5-7,12,16H,1-4,8-11,13H2,(H,20,21)/t16-/m0/s1. The third-order valence-electron chi connectivity index (χ3n) is 5.07.